The third-order valence-electron chi connectivity index (χ3n) is 2.85. The van der Waals surface area contributed by atoms with Crippen LogP contribution in [0.1, 0.15) is 29.2 Å². The molecule has 0 unspecified atom stereocenters. The first kappa shape index (κ1) is 13.6. The van der Waals surface area contributed by atoms with Crippen molar-refractivity contribution in [3.63, 3.8) is 0 Å². The molecule has 0 radical (unpaired) electrons. The highest BCUT2D eigenvalue weighted by Gasteiger charge is 2.21. The second-order valence-corrected chi connectivity index (χ2v) is 4.12. The van der Waals surface area contributed by atoms with E-state index in [0.29, 0.717) is 12.4 Å². The molecule has 5 heteroatoms. The fourth-order valence-corrected chi connectivity index (χ4v) is 1.97. The molecule has 1 heterocycles. The van der Waals surface area contributed by atoms with E-state index in [1.807, 2.05) is 26.0 Å². The van der Waals surface area contributed by atoms with Crippen molar-refractivity contribution in [1.82, 2.24) is 5.32 Å². The molecule has 94 valence electrons. The molecule has 0 aromatic heterocycles. The van der Waals surface area contributed by atoms with E-state index in [2.05, 4.69) is 5.32 Å². The van der Waals surface area contributed by atoms with E-state index in [9.17, 15) is 9.90 Å². The number of hydrogen-bond acceptors (Lipinski definition) is 3. The smallest absolute Gasteiger partial charge is 0.407 e. The van der Waals surface area contributed by atoms with E-state index in [1.54, 1.807) is 0 Å². The molecule has 0 aliphatic carbocycles. The molecule has 1 atom stereocenters. The zero-order valence-electron chi connectivity index (χ0n) is 9.82. The summed E-state index contributed by atoms with van der Waals surface area (Å²) in [4.78, 5) is 11.1. The van der Waals surface area contributed by atoms with Gasteiger partial charge in [0, 0.05) is 6.42 Å². The Bertz CT molecular complexity index is 411. The van der Waals surface area contributed by atoms with Gasteiger partial charge in [0.1, 0.15) is 5.75 Å². The first-order chi connectivity index (χ1) is 7.58. The Balaban J connectivity index is 0.00000144. The Morgan fingerprint density at radius 1 is 1.35 bits per heavy atom. The van der Waals surface area contributed by atoms with Gasteiger partial charge in [-0.25, -0.2) is 4.79 Å². The van der Waals surface area contributed by atoms with Gasteiger partial charge in [-0.15, -0.1) is 12.4 Å². The number of alkyl carbamates (subject to hydrolysis) is 1. The molecular weight excluding hydrogens is 242 g/mol. The van der Waals surface area contributed by atoms with Crippen LogP contribution in [0.25, 0.3) is 0 Å². The maximum Gasteiger partial charge on any atom is 0.407 e. The SMILES string of the molecule is Cc1cc([C@@H]2CCOC(=O)N2)cc(C)c1O.Cl. The number of cyclic esters (lactones) is 1. The lowest BCUT2D eigenvalue weighted by atomic mass is 9.98. The number of aromatic hydroxyl groups is 1. The lowest BCUT2D eigenvalue weighted by molar-refractivity contribution is 0.115. The van der Waals surface area contributed by atoms with Crippen LogP contribution < -0.4 is 5.32 Å². The van der Waals surface area contributed by atoms with Crippen LogP contribution in [-0.2, 0) is 4.74 Å². The van der Waals surface area contributed by atoms with E-state index >= 15 is 0 Å². The van der Waals surface area contributed by atoms with Crippen molar-refractivity contribution in [2.45, 2.75) is 26.3 Å². The third kappa shape index (κ3) is 2.82. The molecule has 4 nitrogen and oxygen atoms in total. The molecule has 0 bridgehead atoms. The van der Waals surface area contributed by atoms with E-state index in [4.69, 9.17) is 4.74 Å². The van der Waals surface area contributed by atoms with Crippen molar-refractivity contribution in [3.8, 4) is 5.75 Å². The van der Waals surface area contributed by atoms with Gasteiger partial charge in [0.2, 0.25) is 0 Å². The second kappa shape index (κ2) is 5.27. The maximum absolute atomic E-state index is 11.1. The summed E-state index contributed by atoms with van der Waals surface area (Å²) in [6.07, 6.45) is 0.384. The minimum absolute atomic E-state index is 0. The minimum Gasteiger partial charge on any atom is -0.507 e. The summed E-state index contributed by atoms with van der Waals surface area (Å²) in [6, 6.07) is 3.79. The fourth-order valence-electron chi connectivity index (χ4n) is 1.97. The number of rotatable bonds is 1. The molecule has 1 aliphatic heterocycles. The largest absolute Gasteiger partial charge is 0.507 e. The summed E-state index contributed by atoms with van der Waals surface area (Å²) in [5.41, 5.74) is 2.68. The van der Waals surface area contributed by atoms with Crippen molar-refractivity contribution < 1.29 is 14.6 Å². The van der Waals surface area contributed by atoms with Gasteiger partial charge in [-0.3, -0.25) is 0 Å². The van der Waals surface area contributed by atoms with Crippen LogP contribution in [0.5, 0.6) is 5.75 Å². The number of benzene rings is 1. The Morgan fingerprint density at radius 2 is 1.94 bits per heavy atom. The Kier molecular flexibility index (Phi) is 4.23. The number of amides is 1. The third-order valence-corrected chi connectivity index (χ3v) is 2.85. The molecular formula is C12H16ClNO3. The van der Waals surface area contributed by atoms with Gasteiger partial charge in [-0.1, -0.05) is 12.1 Å². The lowest BCUT2D eigenvalue weighted by Crippen LogP contribution is -2.35. The van der Waals surface area contributed by atoms with E-state index in [-0.39, 0.29) is 24.5 Å². The van der Waals surface area contributed by atoms with Gasteiger partial charge in [-0.2, -0.15) is 0 Å². The van der Waals surface area contributed by atoms with Gasteiger partial charge >= 0.3 is 6.09 Å². The predicted octanol–water partition coefficient (Wildman–Crippen LogP) is 2.60. The standard InChI is InChI=1S/C12H15NO3.ClH/c1-7-5-9(6-8(2)11(7)14)10-3-4-16-12(15)13-10;/h5-6,10,14H,3-4H2,1-2H3,(H,13,15);1H/t10-;/m0./s1. The van der Waals surface area contributed by atoms with Gasteiger partial charge in [0.25, 0.3) is 0 Å². The van der Waals surface area contributed by atoms with Gasteiger partial charge < -0.3 is 15.2 Å². The van der Waals surface area contributed by atoms with Crippen molar-refractivity contribution in [1.29, 1.82) is 0 Å². The minimum atomic E-state index is -0.375. The van der Waals surface area contributed by atoms with Crippen molar-refractivity contribution >= 4 is 18.5 Å². The summed E-state index contributed by atoms with van der Waals surface area (Å²) >= 11 is 0. The quantitative estimate of drug-likeness (QED) is 0.813. The van der Waals surface area contributed by atoms with Crippen LogP contribution in [0.4, 0.5) is 4.79 Å². The average molecular weight is 258 g/mol. The fraction of sp³-hybridized carbons (Fsp3) is 0.417. The maximum atomic E-state index is 11.1. The van der Waals surface area contributed by atoms with Crippen molar-refractivity contribution in [2.75, 3.05) is 6.61 Å². The van der Waals surface area contributed by atoms with Crippen LogP contribution in [0.3, 0.4) is 0 Å². The highest BCUT2D eigenvalue weighted by atomic mass is 35.5. The van der Waals surface area contributed by atoms with Crippen LogP contribution in [-0.4, -0.2) is 17.8 Å². The molecule has 17 heavy (non-hydrogen) atoms. The van der Waals surface area contributed by atoms with Gasteiger partial charge in [-0.05, 0) is 30.5 Å². The Morgan fingerprint density at radius 3 is 2.47 bits per heavy atom. The van der Waals surface area contributed by atoms with E-state index in [0.717, 1.165) is 23.1 Å². The summed E-state index contributed by atoms with van der Waals surface area (Å²) in [5, 5.41) is 12.4. The summed E-state index contributed by atoms with van der Waals surface area (Å²) in [5.74, 6) is 0.321. The molecule has 1 aromatic carbocycles. The summed E-state index contributed by atoms with van der Waals surface area (Å²) in [7, 11) is 0. The van der Waals surface area contributed by atoms with Crippen LogP contribution >= 0.6 is 12.4 Å². The number of ether oxygens (including phenoxy) is 1. The Hall–Kier alpha value is -1.42. The molecule has 1 fully saturated rings. The number of hydrogen-bond donors (Lipinski definition) is 2. The summed E-state index contributed by atoms with van der Waals surface area (Å²) < 4.78 is 4.81. The van der Waals surface area contributed by atoms with Gasteiger partial charge in [0.05, 0.1) is 12.6 Å². The number of nitrogens with one attached hydrogen (secondary N) is 1. The van der Waals surface area contributed by atoms with E-state index < -0.39 is 0 Å². The van der Waals surface area contributed by atoms with Crippen molar-refractivity contribution in [3.05, 3.63) is 28.8 Å². The topological polar surface area (TPSA) is 58.6 Å². The zero-order valence-corrected chi connectivity index (χ0v) is 10.6. The molecule has 1 saturated heterocycles. The molecule has 1 aliphatic rings. The zero-order chi connectivity index (χ0) is 11.7. The number of phenols is 1. The number of aryl methyl sites for hydroxylation is 2. The normalized spacial score (nSPS) is 18.9. The molecule has 2 rings (SSSR count). The number of halogens is 1. The van der Waals surface area contributed by atoms with E-state index in [1.165, 1.54) is 0 Å². The predicted molar refractivity (Wildman–Crippen MR) is 66.7 cm³/mol. The number of phenolic OH excluding ortho intramolecular Hbond substituents is 1. The highest BCUT2D eigenvalue weighted by molar-refractivity contribution is 5.85. The first-order valence-corrected chi connectivity index (χ1v) is 5.31. The van der Waals surface area contributed by atoms with Crippen LogP contribution in [0.2, 0.25) is 0 Å². The van der Waals surface area contributed by atoms with Crippen LogP contribution in [0, 0.1) is 13.8 Å². The van der Waals surface area contributed by atoms with Crippen LogP contribution in [0.15, 0.2) is 12.1 Å². The molecule has 1 aromatic rings. The Labute approximate surface area is 106 Å². The molecule has 2 N–H and O–H groups in total. The highest BCUT2D eigenvalue weighted by Crippen LogP contribution is 2.28. The van der Waals surface area contributed by atoms with Gasteiger partial charge in [0.15, 0.2) is 0 Å². The molecule has 0 spiro atoms. The number of carbonyl (C=O) groups is 1. The monoisotopic (exact) mass is 257 g/mol. The molecule has 0 saturated carbocycles. The number of carbonyl (C=O) groups excluding carboxylic acids is 1. The lowest BCUT2D eigenvalue weighted by Gasteiger charge is -2.24. The summed E-state index contributed by atoms with van der Waals surface area (Å²) in [6.45, 7) is 4.15. The van der Waals surface area contributed by atoms with Crippen molar-refractivity contribution in [2.24, 2.45) is 0 Å². The second-order valence-electron chi connectivity index (χ2n) is 4.12. The average Bonchev–Trinajstić information content (AvgIpc) is 2.25. The first-order valence-electron chi connectivity index (χ1n) is 5.31. The molecule has 1 amide bonds.